The molecule has 0 saturated heterocycles. The van der Waals surface area contributed by atoms with E-state index in [9.17, 15) is 4.39 Å². The van der Waals surface area contributed by atoms with Crippen molar-refractivity contribution >= 4 is 17.3 Å². The van der Waals surface area contributed by atoms with Crippen LogP contribution < -0.4 is 0 Å². The molecule has 1 nitrogen and oxygen atoms in total. The molecule has 0 radical (unpaired) electrons. The van der Waals surface area contributed by atoms with Crippen LogP contribution in [-0.2, 0) is 0 Å². The molecule has 0 aliphatic heterocycles. The number of hydrogen-bond acceptors (Lipinski definition) is 0. The van der Waals surface area contributed by atoms with Crippen molar-refractivity contribution in [2.45, 2.75) is 12.8 Å². The van der Waals surface area contributed by atoms with E-state index in [0.29, 0.717) is 10.7 Å². The maximum absolute atomic E-state index is 13.0. The summed E-state index contributed by atoms with van der Waals surface area (Å²) < 4.78 is 13.0. The first-order valence-electron chi connectivity index (χ1n) is 5.54. The lowest BCUT2D eigenvalue weighted by molar-refractivity contribution is 0.626. The van der Waals surface area contributed by atoms with Crippen molar-refractivity contribution in [2.75, 3.05) is 0 Å². The standard InChI is InChI=1S/C15H11ClFN/c1-10(11-3-6-13(18-2)7-4-11)14-8-5-12(17)9-15(14)16/h3-10H,1H3. The molecular formula is C15H11ClFN. The van der Waals surface area contributed by atoms with E-state index in [0.717, 1.165) is 11.1 Å². The topological polar surface area (TPSA) is 4.36 Å². The van der Waals surface area contributed by atoms with E-state index in [1.54, 1.807) is 18.2 Å². The van der Waals surface area contributed by atoms with Crippen molar-refractivity contribution in [3.8, 4) is 0 Å². The van der Waals surface area contributed by atoms with Gasteiger partial charge in [-0.15, -0.1) is 0 Å². The van der Waals surface area contributed by atoms with Crippen LogP contribution in [0, 0.1) is 12.4 Å². The van der Waals surface area contributed by atoms with Crippen molar-refractivity contribution in [3.63, 3.8) is 0 Å². The van der Waals surface area contributed by atoms with E-state index in [1.807, 2.05) is 19.1 Å². The quantitative estimate of drug-likeness (QED) is 0.655. The smallest absolute Gasteiger partial charge is 0.187 e. The maximum Gasteiger partial charge on any atom is 0.187 e. The van der Waals surface area contributed by atoms with Crippen molar-refractivity contribution in [3.05, 3.63) is 75.8 Å². The maximum atomic E-state index is 13.0. The van der Waals surface area contributed by atoms with Gasteiger partial charge < -0.3 is 0 Å². The lowest BCUT2D eigenvalue weighted by Gasteiger charge is -2.14. The number of rotatable bonds is 2. The van der Waals surface area contributed by atoms with Crippen LogP contribution in [-0.4, -0.2) is 0 Å². The third-order valence-corrected chi connectivity index (χ3v) is 3.28. The van der Waals surface area contributed by atoms with Gasteiger partial charge in [0.1, 0.15) is 5.82 Å². The fraction of sp³-hybridized carbons (Fsp3) is 0.133. The molecule has 0 saturated carbocycles. The molecule has 1 atom stereocenters. The molecule has 3 heteroatoms. The monoisotopic (exact) mass is 259 g/mol. The first-order chi connectivity index (χ1) is 8.61. The minimum absolute atomic E-state index is 0.0675. The second-order valence-electron chi connectivity index (χ2n) is 4.09. The summed E-state index contributed by atoms with van der Waals surface area (Å²) in [5, 5.41) is 0.428. The predicted molar refractivity (Wildman–Crippen MR) is 71.6 cm³/mol. The Morgan fingerprint density at radius 1 is 1.17 bits per heavy atom. The fourth-order valence-electron chi connectivity index (χ4n) is 1.87. The molecule has 2 aromatic rings. The van der Waals surface area contributed by atoms with Crippen LogP contribution in [0.15, 0.2) is 42.5 Å². The highest BCUT2D eigenvalue weighted by Crippen LogP contribution is 2.31. The van der Waals surface area contributed by atoms with E-state index in [-0.39, 0.29) is 11.7 Å². The van der Waals surface area contributed by atoms with Gasteiger partial charge >= 0.3 is 0 Å². The van der Waals surface area contributed by atoms with Gasteiger partial charge in [0, 0.05) is 10.9 Å². The molecule has 0 aliphatic carbocycles. The summed E-state index contributed by atoms with van der Waals surface area (Å²) in [6.07, 6.45) is 0. The van der Waals surface area contributed by atoms with Gasteiger partial charge in [-0.2, -0.15) is 0 Å². The molecule has 0 spiro atoms. The molecule has 0 aliphatic rings. The lowest BCUT2D eigenvalue weighted by atomic mass is 9.93. The molecule has 90 valence electrons. The van der Waals surface area contributed by atoms with Crippen LogP contribution >= 0.6 is 11.6 Å². The molecular weight excluding hydrogens is 249 g/mol. The van der Waals surface area contributed by atoms with Crippen LogP contribution in [0.25, 0.3) is 4.85 Å². The zero-order chi connectivity index (χ0) is 13.1. The van der Waals surface area contributed by atoms with Crippen molar-refractivity contribution in [2.24, 2.45) is 0 Å². The SMILES string of the molecule is [C-]#[N+]c1ccc(C(C)c2ccc(F)cc2Cl)cc1. The van der Waals surface area contributed by atoms with Crippen molar-refractivity contribution in [1.29, 1.82) is 0 Å². The van der Waals surface area contributed by atoms with Crippen LogP contribution in [0.4, 0.5) is 10.1 Å². The molecule has 2 rings (SSSR count). The number of nitrogens with zero attached hydrogens (tertiary/aromatic N) is 1. The van der Waals surface area contributed by atoms with E-state index in [4.69, 9.17) is 18.2 Å². The first-order valence-corrected chi connectivity index (χ1v) is 5.92. The van der Waals surface area contributed by atoms with Crippen LogP contribution in [0.1, 0.15) is 24.0 Å². The van der Waals surface area contributed by atoms with Gasteiger partial charge in [-0.3, -0.25) is 0 Å². The predicted octanol–water partition coefficient (Wildman–Crippen LogP) is 5.18. The Morgan fingerprint density at radius 2 is 1.83 bits per heavy atom. The summed E-state index contributed by atoms with van der Waals surface area (Å²) >= 11 is 6.04. The molecule has 0 fully saturated rings. The third-order valence-electron chi connectivity index (χ3n) is 2.95. The Labute approximate surface area is 111 Å². The van der Waals surface area contributed by atoms with Gasteiger partial charge in [-0.25, -0.2) is 9.24 Å². The second-order valence-corrected chi connectivity index (χ2v) is 4.50. The van der Waals surface area contributed by atoms with Gasteiger partial charge in [-0.1, -0.05) is 48.9 Å². The lowest BCUT2D eigenvalue weighted by Crippen LogP contribution is -1.97. The summed E-state index contributed by atoms with van der Waals surface area (Å²) in [5.41, 5.74) is 2.54. The molecule has 0 N–H and O–H groups in total. The average Bonchev–Trinajstić information content (AvgIpc) is 2.38. The highest BCUT2D eigenvalue weighted by Gasteiger charge is 2.12. The Bertz CT molecular complexity index is 599. The zero-order valence-corrected chi connectivity index (χ0v) is 10.6. The van der Waals surface area contributed by atoms with Gasteiger partial charge in [0.25, 0.3) is 0 Å². The number of benzene rings is 2. The molecule has 0 aromatic heterocycles. The van der Waals surface area contributed by atoms with Crippen LogP contribution in [0.3, 0.4) is 0 Å². The van der Waals surface area contributed by atoms with Gasteiger partial charge in [0.15, 0.2) is 5.69 Å². The van der Waals surface area contributed by atoms with Crippen LogP contribution in [0.5, 0.6) is 0 Å². The molecule has 1 unspecified atom stereocenters. The molecule has 18 heavy (non-hydrogen) atoms. The number of halogens is 2. The average molecular weight is 260 g/mol. The fourth-order valence-corrected chi connectivity index (χ4v) is 2.20. The van der Waals surface area contributed by atoms with E-state index in [2.05, 4.69) is 4.85 Å². The summed E-state index contributed by atoms with van der Waals surface area (Å²) in [7, 11) is 0. The Balaban J connectivity index is 2.35. The molecule has 0 heterocycles. The highest BCUT2D eigenvalue weighted by molar-refractivity contribution is 6.31. The van der Waals surface area contributed by atoms with Gasteiger partial charge in [0.2, 0.25) is 0 Å². The van der Waals surface area contributed by atoms with Crippen molar-refractivity contribution in [1.82, 2.24) is 0 Å². The molecule has 0 bridgehead atoms. The van der Waals surface area contributed by atoms with Crippen molar-refractivity contribution < 1.29 is 4.39 Å². The minimum Gasteiger partial charge on any atom is -0.238 e. The largest absolute Gasteiger partial charge is 0.238 e. The Hall–Kier alpha value is -1.85. The summed E-state index contributed by atoms with van der Waals surface area (Å²) in [6.45, 7) is 8.91. The van der Waals surface area contributed by atoms with Crippen LogP contribution in [0.2, 0.25) is 5.02 Å². The van der Waals surface area contributed by atoms with E-state index < -0.39 is 0 Å². The summed E-state index contributed by atoms with van der Waals surface area (Å²) in [4.78, 5) is 3.35. The summed E-state index contributed by atoms with van der Waals surface area (Å²) in [5.74, 6) is -0.266. The Kier molecular flexibility index (Phi) is 3.64. The van der Waals surface area contributed by atoms with E-state index >= 15 is 0 Å². The Morgan fingerprint density at radius 3 is 2.39 bits per heavy atom. The first kappa shape index (κ1) is 12.6. The molecule has 2 aromatic carbocycles. The summed E-state index contributed by atoms with van der Waals surface area (Å²) in [6, 6.07) is 11.8. The second kappa shape index (κ2) is 5.20. The minimum atomic E-state index is -0.334. The van der Waals surface area contributed by atoms with E-state index in [1.165, 1.54) is 12.1 Å². The van der Waals surface area contributed by atoms with Gasteiger partial charge in [-0.05, 0) is 23.3 Å². The van der Waals surface area contributed by atoms with Gasteiger partial charge in [0.05, 0.1) is 6.57 Å². The highest BCUT2D eigenvalue weighted by atomic mass is 35.5. The normalized spacial score (nSPS) is 11.9. The number of hydrogen-bond donors (Lipinski definition) is 0. The molecule has 0 amide bonds. The third kappa shape index (κ3) is 2.52. The zero-order valence-electron chi connectivity index (χ0n) is 9.82.